The smallest absolute Gasteiger partial charge is 0.407 e. The normalized spacial score (nSPS) is 22.6. The summed E-state index contributed by atoms with van der Waals surface area (Å²) in [5, 5.41) is 47.4. The van der Waals surface area contributed by atoms with Gasteiger partial charge in [0, 0.05) is 35.5 Å². The van der Waals surface area contributed by atoms with E-state index >= 15 is 0 Å². The number of phenolic OH excluding ortho intramolecular Hbond substituents is 1. The fourth-order valence-corrected chi connectivity index (χ4v) is 8.24. The average molecular weight is 874 g/mol. The molecule has 3 aromatic rings. The van der Waals surface area contributed by atoms with E-state index in [1.807, 2.05) is 0 Å². The van der Waals surface area contributed by atoms with Crippen LogP contribution in [-0.2, 0) is 37.8 Å². The Balaban J connectivity index is 0.989. The zero-order valence-corrected chi connectivity index (χ0v) is 35.0. The molecule has 0 saturated carbocycles. The number of urea groups is 1. The van der Waals surface area contributed by atoms with Gasteiger partial charge in [0.1, 0.15) is 24.4 Å². The third kappa shape index (κ3) is 8.23. The molecule has 64 heavy (non-hydrogen) atoms. The number of phenols is 1. The summed E-state index contributed by atoms with van der Waals surface area (Å²) in [6.07, 6.45) is -0.00507. The van der Waals surface area contributed by atoms with Crippen LogP contribution >= 0.6 is 0 Å². The van der Waals surface area contributed by atoms with Gasteiger partial charge >= 0.3 is 12.1 Å². The Kier molecular flexibility index (Phi) is 12.5. The fourth-order valence-electron chi connectivity index (χ4n) is 8.24. The van der Waals surface area contributed by atoms with Crippen molar-refractivity contribution < 1.29 is 53.6 Å². The number of aliphatic hydroxyl groups excluding tert-OH is 2. The predicted molar refractivity (Wildman–Crippen MR) is 230 cm³/mol. The Morgan fingerprint density at radius 1 is 0.922 bits per heavy atom. The maximum atomic E-state index is 14.3. The molecule has 7 rings (SSSR count). The van der Waals surface area contributed by atoms with Crippen LogP contribution in [0.2, 0.25) is 0 Å². The van der Waals surface area contributed by atoms with Crippen LogP contribution in [0.4, 0.5) is 21.0 Å². The highest BCUT2D eigenvalue weighted by atomic mass is 16.7. The van der Waals surface area contributed by atoms with Crippen molar-refractivity contribution >= 4 is 46.9 Å². The summed E-state index contributed by atoms with van der Waals surface area (Å²) < 4.78 is 11.6. The molecule has 18 nitrogen and oxygen atoms in total. The number of allylic oxidation sites excluding steroid dienone is 2. The number of rotatable bonds is 14. The Labute approximate surface area is 367 Å². The van der Waals surface area contributed by atoms with Gasteiger partial charge in [-0.25, -0.2) is 9.59 Å². The lowest BCUT2D eigenvalue weighted by Gasteiger charge is -2.37. The number of ketones is 2. The Hall–Kier alpha value is -7.22. The molecule has 2 aliphatic heterocycles. The van der Waals surface area contributed by atoms with Crippen LogP contribution in [0.1, 0.15) is 82.1 Å². The molecule has 0 radical (unpaired) electrons. The van der Waals surface area contributed by atoms with E-state index in [1.54, 1.807) is 44.2 Å². The zero-order chi connectivity index (χ0) is 46.1. The number of fused-ring (bicyclic) bond motifs is 4. The third-order valence-corrected chi connectivity index (χ3v) is 11.7. The lowest BCUT2D eigenvalue weighted by Crippen LogP contribution is -2.54. The molecule has 332 valence electrons. The summed E-state index contributed by atoms with van der Waals surface area (Å²) in [4.78, 5) is 78.0. The monoisotopic (exact) mass is 873 g/mol. The standard InChI is InChI=1S/C46H47N7O11/c1-23(2)37(47)42(60)52-31(9-8-18-49-43(48)61)41(59)51-27-15-12-25(13-16-27)22-63-44(62)50-21-26-14-17-28-29(19-26)40(58)35-32(55)20-30-38(36(35)39(28)57)53-33-10-6-4-5-7-11-34(56)46(30)45(33,64-46)24(3)54/h4-5,12-17,19-20,23-24,31,33-34,37,53-56H,8-9,18,21-22,47H2,1-3H3,(H,50,62)(H,51,59)(H,52,60)(H3,48,49,61)/b5-4-/t24-,31+,33+,34-,37+,45+,46+/m1/s1. The summed E-state index contributed by atoms with van der Waals surface area (Å²) in [6, 6.07) is 8.70. The molecule has 18 heteroatoms. The molecular formula is C46H47N7O11. The number of carbonyl (C=O) groups excluding carboxylic acids is 6. The first-order valence-electron chi connectivity index (χ1n) is 20.5. The number of hydrogen-bond acceptors (Lipinski definition) is 13. The first-order valence-corrected chi connectivity index (χ1v) is 20.5. The van der Waals surface area contributed by atoms with E-state index in [4.69, 9.17) is 20.9 Å². The molecule has 3 aromatic carbocycles. The van der Waals surface area contributed by atoms with Crippen molar-refractivity contribution in [2.75, 3.05) is 17.2 Å². The Morgan fingerprint density at radius 3 is 2.30 bits per heavy atom. The molecular weight excluding hydrogens is 827 g/mol. The number of hydrogen-bond donors (Lipinski definition) is 10. The van der Waals surface area contributed by atoms with Crippen molar-refractivity contribution in [1.82, 2.24) is 16.0 Å². The fraction of sp³-hybridized carbons (Fsp3) is 0.348. The largest absolute Gasteiger partial charge is 0.507 e. The highest BCUT2D eigenvalue weighted by Gasteiger charge is 2.82. The minimum atomic E-state index is -1.69. The van der Waals surface area contributed by atoms with Crippen LogP contribution in [0.3, 0.4) is 0 Å². The second kappa shape index (κ2) is 17.9. The molecule has 5 amide bonds. The highest BCUT2D eigenvalue weighted by Crippen LogP contribution is 2.67. The van der Waals surface area contributed by atoms with Crippen molar-refractivity contribution in [1.29, 1.82) is 0 Å². The van der Waals surface area contributed by atoms with Crippen molar-refractivity contribution in [2.24, 2.45) is 17.4 Å². The number of alkyl carbamates (subject to hydrolysis) is 1. The van der Waals surface area contributed by atoms with E-state index in [-0.39, 0.29) is 65.5 Å². The number of primary amides is 1. The van der Waals surface area contributed by atoms with Gasteiger partial charge in [0.15, 0.2) is 28.9 Å². The molecule has 2 bridgehead atoms. The van der Waals surface area contributed by atoms with Crippen molar-refractivity contribution in [2.45, 2.75) is 88.3 Å². The highest BCUT2D eigenvalue weighted by molar-refractivity contribution is 6.31. The van der Waals surface area contributed by atoms with E-state index in [2.05, 4.69) is 50.3 Å². The van der Waals surface area contributed by atoms with Gasteiger partial charge in [-0.3, -0.25) is 19.2 Å². The van der Waals surface area contributed by atoms with Gasteiger partial charge in [0.2, 0.25) is 11.8 Å². The SMILES string of the molecule is CC(C)[C@H](N)C(=O)N[C@@H](CCCNC(N)=O)C(=O)Nc1ccc(COC(=O)NCc2ccc3c(c2)C(=O)c2c(O)cc4c(c2C3=O)N[C@H]2C#C/C=C\C#C[C@@H](O)[C@@]43O[C@@]23[C@@H](C)O)cc1. The molecule has 0 spiro atoms. The topological polar surface area (TPSA) is 297 Å². The van der Waals surface area contributed by atoms with E-state index < -0.39 is 82.8 Å². The van der Waals surface area contributed by atoms with Gasteiger partial charge in [-0.1, -0.05) is 55.7 Å². The number of aromatic hydroxyl groups is 1. The molecule has 2 aliphatic carbocycles. The minimum Gasteiger partial charge on any atom is -0.507 e. The first-order chi connectivity index (χ1) is 30.5. The average Bonchev–Trinajstić information content (AvgIpc) is 4.00. The van der Waals surface area contributed by atoms with Crippen LogP contribution in [0.5, 0.6) is 5.75 Å². The van der Waals surface area contributed by atoms with Crippen LogP contribution < -0.4 is 38.1 Å². The summed E-state index contributed by atoms with van der Waals surface area (Å²) in [7, 11) is 0. The van der Waals surface area contributed by atoms with E-state index in [9.17, 15) is 44.1 Å². The minimum absolute atomic E-state index is 0.00571. The lowest BCUT2D eigenvalue weighted by atomic mass is 9.69. The van der Waals surface area contributed by atoms with Gasteiger partial charge in [0.25, 0.3) is 0 Å². The molecule has 0 aromatic heterocycles. The van der Waals surface area contributed by atoms with Gasteiger partial charge < -0.3 is 62.8 Å². The molecule has 1 saturated heterocycles. The summed E-state index contributed by atoms with van der Waals surface area (Å²) in [5.41, 5.74) is 9.22. The number of ether oxygens (including phenoxy) is 2. The molecule has 12 N–H and O–H groups in total. The number of amides is 5. The van der Waals surface area contributed by atoms with Crippen molar-refractivity contribution in [3.8, 4) is 29.4 Å². The molecule has 1 fully saturated rings. The Bertz CT molecular complexity index is 2600. The van der Waals surface area contributed by atoms with Crippen molar-refractivity contribution in [3.63, 3.8) is 0 Å². The number of epoxide rings is 1. The van der Waals surface area contributed by atoms with Crippen LogP contribution in [0.25, 0.3) is 0 Å². The number of aliphatic hydroxyl groups is 2. The summed E-state index contributed by atoms with van der Waals surface area (Å²) in [5.74, 6) is 8.26. The number of nitrogens with two attached hydrogens (primary N) is 2. The van der Waals surface area contributed by atoms with E-state index in [1.165, 1.54) is 37.3 Å². The van der Waals surface area contributed by atoms with Gasteiger partial charge in [-0.05, 0) is 79.3 Å². The van der Waals surface area contributed by atoms with Gasteiger partial charge in [0.05, 0.1) is 29.0 Å². The summed E-state index contributed by atoms with van der Waals surface area (Å²) in [6.45, 7) is 5.03. The number of anilines is 2. The van der Waals surface area contributed by atoms with Gasteiger partial charge in [-0.2, -0.15) is 0 Å². The first kappa shape index (κ1) is 44.8. The zero-order valence-electron chi connectivity index (χ0n) is 35.0. The molecule has 2 heterocycles. The maximum absolute atomic E-state index is 14.3. The number of benzene rings is 3. The quantitative estimate of drug-likeness (QED) is 0.0373. The van der Waals surface area contributed by atoms with E-state index in [0.717, 1.165) is 0 Å². The predicted octanol–water partition coefficient (Wildman–Crippen LogP) is 1.53. The summed E-state index contributed by atoms with van der Waals surface area (Å²) >= 11 is 0. The van der Waals surface area contributed by atoms with Crippen molar-refractivity contribution in [3.05, 3.63) is 99.6 Å². The second-order valence-corrected chi connectivity index (χ2v) is 16.2. The second-order valence-electron chi connectivity index (χ2n) is 16.2. The van der Waals surface area contributed by atoms with Crippen LogP contribution in [0, 0.1) is 29.6 Å². The van der Waals surface area contributed by atoms with E-state index in [0.29, 0.717) is 23.2 Å². The molecule has 4 aliphatic rings. The number of nitrogens with one attached hydrogen (secondary N) is 5. The number of carbonyl (C=O) groups is 6. The molecule has 7 atom stereocenters. The molecule has 0 unspecified atom stereocenters. The van der Waals surface area contributed by atoms with Crippen LogP contribution in [0.15, 0.2) is 60.7 Å². The maximum Gasteiger partial charge on any atom is 0.407 e. The van der Waals surface area contributed by atoms with Crippen LogP contribution in [-0.4, -0.2) is 93.3 Å². The lowest BCUT2D eigenvalue weighted by molar-refractivity contribution is -0.128. The third-order valence-electron chi connectivity index (χ3n) is 11.7. The van der Waals surface area contributed by atoms with Gasteiger partial charge in [-0.15, -0.1) is 0 Å². The Morgan fingerprint density at radius 2 is 1.61 bits per heavy atom.